The van der Waals surface area contributed by atoms with Gasteiger partial charge in [-0.3, -0.25) is 4.79 Å². The summed E-state index contributed by atoms with van der Waals surface area (Å²) in [7, 11) is 0. The van der Waals surface area contributed by atoms with Crippen LogP contribution in [0.5, 0.6) is 0 Å². The zero-order chi connectivity index (χ0) is 11.7. The summed E-state index contributed by atoms with van der Waals surface area (Å²) < 4.78 is 0. The van der Waals surface area contributed by atoms with E-state index in [0.717, 1.165) is 25.7 Å². The number of hydrogen-bond acceptors (Lipinski definition) is 1. The van der Waals surface area contributed by atoms with Crippen molar-refractivity contribution >= 4 is 5.78 Å². The summed E-state index contributed by atoms with van der Waals surface area (Å²) in [5, 5.41) is 0. The van der Waals surface area contributed by atoms with Gasteiger partial charge in [-0.15, -0.1) is 0 Å². The van der Waals surface area contributed by atoms with Crippen molar-refractivity contribution in [2.45, 2.75) is 72.6 Å². The molecule has 0 radical (unpaired) electrons. The molecule has 0 fully saturated rings. The summed E-state index contributed by atoms with van der Waals surface area (Å²) in [6.07, 6.45) is 7.65. The Morgan fingerprint density at radius 1 is 1.07 bits per heavy atom. The van der Waals surface area contributed by atoms with Crippen LogP contribution in [0.25, 0.3) is 0 Å². The average Bonchev–Trinajstić information content (AvgIpc) is 2.23. The summed E-state index contributed by atoms with van der Waals surface area (Å²) >= 11 is 0. The Labute approximate surface area is 95.6 Å². The Bertz CT molecular complexity index is 163. The third-order valence-corrected chi connectivity index (χ3v) is 3.33. The second kappa shape index (κ2) is 8.94. The lowest BCUT2D eigenvalue weighted by Crippen LogP contribution is -2.11. The van der Waals surface area contributed by atoms with Crippen LogP contribution < -0.4 is 0 Å². The molecule has 1 heteroatoms. The van der Waals surface area contributed by atoms with Crippen LogP contribution in [0.1, 0.15) is 72.6 Å². The second-order valence-electron chi connectivity index (χ2n) is 4.88. The van der Waals surface area contributed by atoms with E-state index in [0.29, 0.717) is 17.6 Å². The second-order valence-corrected chi connectivity index (χ2v) is 4.88. The Morgan fingerprint density at radius 2 is 1.73 bits per heavy atom. The molecule has 1 nitrogen and oxygen atoms in total. The van der Waals surface area contributed by atoms with Gasteiger partial charge in [-0.2, -0.15) is 0 Å². The maximum Gasteiger partial charge on any atom is 0.133 e. The highest BCUT2D eigenvalue weighted by molar-refractivity contribution is 5.78. The average molecular weight is 212 g/mol. The highest BCUT2D eigenvalue weighted by atomic mass is 16.1. The van der Waals surface area contributed by atoms with E-state index in [-0.39, 0.29) is 0 Å². The highest BCUT2D eigenvalue weighted by Crippen LogP contribution is 2.19. The zero-order valence-electron chi connectivity index (χ0n) is 11.0. The first-order valence-electron chi connectivity index (χ1n) is 6.65. The molecule has 0 rings (SSSR count). The first kappa shape index (κ1) is 14.7. The smallest absolute Gasteiger partial charge is 0.133 e. The molecule has 15 heavy (non-hydrogen) atoms. The minimum atomic E-state index is 0.479. The molecule has 0 amide bonds. The Kier molecular flexibility index (Phi) is 8.74. The standard InChI is InChI=1S/C14H28O/c1-5-8-9-13(7-3)11-14(15)10-12(4)6-2/h12-13H,5-11H2,1-4H3. The van der Waals surface area contributed by atoms with Gasteiger partial charge in [0.1, 0.15) is 5.78 Å². The lowest BCUT2D eigenvalue weighted by molar-refractivity contribution is -0.120. The minimum absolute atomic E-state index is 0.479. The monoisotopic (exact) mass is 212 g/mol. The molecule has 0 saturated heterocycles. The maximum atomic E-state index is 11.7. The molecule has 0 N–H and O–H groups in total. The summed E-state index contributed by atoms with van der Waals surface area (Å²) in [6, 6.07) is 0. The van der Waals surface area contributed by atoms with Crippen LogP contribution in [0.2, 0.25) is 0 Å². The van der Waals surface area contributed by atoms with Gasteiger partial charge < -0.3 is 0 Å². The van der Waals surface area contributed by atoms with Crippen LogP contribution in [-0.4, -0.2) is 5.78 Å². The topological polar surface area (TPSA) is 17.1 Å². The van der Waals surface area contributed by atoms with Crippen LogP contribution in [0.4, 0.5) is 0 Å². The first-order valence-corrected chi connectivity index (χ1v) is 6.65. The molecule has 0 spiro atoms. The van der Waals surface area contributed by atoms with E-state index in [4.69, 9.17) is 0 Å². The highest BCUT2D eigenvalue weighted by Gasteiger charge is 2.13. The van der Waals surface area contributed by atoms with Crippen LogP contribution in [-0.2, 0) is 4.79 Å². The van der Waals surface area contributed by atoms with Crippen molar-refractivity contribution in [2.24, 2.45) is 11.8 Å². The molecule has 0 saturated carbocycles. The molecule has 2 atom stereocenters. The minimum Gasteiger partial charge on any atom is -0.300 e. The summed E-state index contributed by atoms with van der Waals surface area (Å²) in [5.74, 6) is 1.69. The van der Waals surface area contributed by atoms with Gasteiger partial charge in [0, 0.05) is 12.8 Å². The quantitative estimate of drug-likeness (QED) is 0.546. The Hall–Kier alpha value is -0.330. The number of rotatable bonds is 9. The van der Waals surface area contributed by atoms with Gasteiger partial charge in [0.05, 0.1) is 0 Å². The third-order valence-electron chi connectivity index (χ3n) is 3.33. The van der Waals surface area contributed by atoms with Gasteiger partial charge in [0.15, 0.2) is 0 Å². The van der Waals surface area contributed by atoms with Crippen molar-refractivity contribution in [3.8, 4) is 0 Å². The van der Waals surface area contributed by atoms with Crippen molar-refractivity contribution in [2.75, 3.05) is 0 Å². The van der Waals surface area contributed by atoms with E-state index < -0.39 is 0 Å². The lowest BCUT2D eigenvalue weighted by Gasteiger charge is -2.14. The largest absolute Gasteiger partial charge is 0.300 e. The van der Waals surface area contributed by atoms with Crippen molar-refractivity contribution in [1.29, 1.82) is 0 Å². The third kappa shape index (κ3) is 7.58. The number of unbranched alkanes of at least 4 members (excludes halogenated alkanes) is 1. The van der Waals surface area contributed by atoms with E-state index in [1.807, 2.05) is 0 Å². The number of ketones is 1. The van der Waals surface area contributed by atoms with Gasteiger partial charge in [0.25, 0.3) is 0 Å². The van der Waals surface area contributed by atoms with Crippen molar-refractivity contribution < 1.29 is 4.79 Å². The number of hydrogen-bond donors (Lipinski definition) is 0. The molecule has 0 aromatic rings. The van der Waals surface area contributed by atoms with E-state index in [2.05, 4.69) is 27.7 Å². The molecule has 0 aromatic carbocycles. The van der Waals surface area contributed by atoms with E-state index in [9.17, 15) is 4.79 Å². The van der Waals surface area contributed by atoms with Crippen LogP contribution >= 0.6 is 0 Å². The van der Waals surface area contributed by atoms with E-state index >= 15 is 0 Å². The van der Waals surface area contributed by atoms with Crippen molar-refractivity contribution in [1.82, 2.24) is 0 Å². The molecule has 0 aliphatic heterocycles. The fourth-order valence-corrected chi connectivity index (χ4v) is 1.88. The SMILES string of the molecule is CCCCC(CC)CC(=O)CC(C)CC. The molecular formula is C14H28O. The van der Waals surface area contributed by atoms with E-state index in [1.54, 1.807) is 0 Å². The zero-order valence-corrected chi connectivity index (χ0v) is 11.0. The van der Waals surface area contributed by atoms with Crippen molar-refractivity contribution in [3.63, 3.8) is 0 Å². The molecular weight excluding hydrogens is 184 g/mol. The molecule has 90 valence electrons. The predicted octanol–water partition coefficient (Wildman–Crippen LogP) is 4.60. The van der Waals surface area contributed by atoms with Crippen molar-refractivity contribution in [3.05, 3.63) is 0 Å². The normalized spacial score (nSPS) is 14.9. The molecule has 2 unspecified atom stereocenters. The maximum absolute atomic E-state index is 11.7. The summed E-state index contributed by atoms with van der Waals surface area (Å²) in [4.78, 5) is 11.7. The fourth-order valence-electron chi connectivity index (χ4n) is 1.88. The van der Waals surface area contributed by atoms with Gasteiger partial charge >= 0.3 is 0 Å². The number of carbonyl (C=O) groups excluding carboxylic acids is 1. The Morgan fingerprint density at radius 3 is 2.20 bits per heavy atom. The fraction of sp³-hybridized carbons (Fsp3) is 0.929. The van der Waals surface area contributed by atoms with Crippen LogP contribution in [0.3, 0.4) is 0 Å². The molecule has 0 aliphatic carbocycles. The molecule has 0 aliphatic rings. The van der Waals surface area contributed by atoms with Gasteiger partial charge in [-0.1, -0.05) is 59.8 Å². The predicted molar refractivity (Wildman–Crippen MR) is 67.0 cm³/mol. The van der Waals surface area contributed by atoms with E-state index in [1.165, 1.54) is 19.3 Å². The lowest BCUT2D eigenvalue weighted by atomic mass is 9.90. The van der Waals surface area contributed by atoms with Gasteiger partial charge in [0.2, 0.25) is 0 Å². The molecule has 0 aromatic heterocycles. The molecule has 0 bridgehead atoms. The first-order chi connectivity index (χ1) is 7.13. The van der Waals surface area contributed by atoms with Gasteiger partial charge in [-0.25, -0.2) is 0 Å². The van der Waals surface area contributed by atoms with Crippen LogP contribution in [0.15, 0.2) is 0 Å². The summed E-state index contributed by atoms with van der Waals surface area (Å²) in [5.41, 5.74) is 0. The van der Waals surface area contributed by atoms with Crippen LogP contribution in [0, 0.1) is 11.8 Å². The number of Topliss-reactive ketones (excluding diaryl/α,β-unsaturated/α-hetero) is 1. The summed E-state index contributed by atoms with van der Waals surface area (Å²) in [6.45, 7) is 8.75. The number of carbonyl (C=O) groups is 1. The molecule has 0 heterocycles. The van der Waals surface area contributed by atoms with Gasteiger partial charge in [-0.05, 0) is 11.8 Å². The Balaban J connectivity index is 3.79.